The van der Waals surface area contributed by atoms with Gasteiger partial charge >= 0.3 is 6.01 Å². The predicted octanol–water partition coefficient (Wildman–Crippen LogP) is 20.4. The van der Waals surface area contributed by atoms with Gasteiger partial charge in [-0.2, -0.15) is 0 Å². The molecule has 0 saturated heterocycles. The van der Waals surface area contributed by atoms with Crippen LogP contribution in [0.1, 0.15) is 144 Å². The van der Waals surface area contributed by atoms with E-state index in [2.05, 4.69) is 220 Å². The standard InChI is InChI=1S/C75H76N4O/c1-48-39-69(76-46-62(48)51-31-36-63-64(42-51)75(13,14)38-37-74(63,11)12)79-67-43-54(73(8,9)10)32-34-60(67)61-35-33-57(45-68(61)79)80-56-26-19-25-55(44-56)77-47-78(66-30-16-15-29-65(66)77)70-58(49-21-17-23-52(40-49)71(2,3)4)27-20-28-59(70)50-22-18-24-53(41-50)72(5,6)7/h15-36,39-46H,37-38H2,1-14H3/q+2/i1D3,31D,36D,42D. The van der Waals surface area contributed by atoms with Crippen molar-refractivity contribution in [3.63, 3.8) is 0 Å². The molecule has 2 aliphatic rings. The van der Waals surface area contributed by atoms with Gasteiger partial charge in [-0.15, -0.1) is 0 Å². The lowest BCUT2D eigenvalue weighted by Gasteiger charge is -2.42. The molecular formula is C75H76N4O+2. The number of nitrogens with zero attached hydrogens (tertiary/aromatic N) is 4. The summed E-state index contributed by atoms with van der Waals surface area (Å²) < 4.78 is 68.9. The van der Waals surface area contributed by atoms with Crippen LogP contribution in [0.3, 0.4) is 0 Å². The lowest BCUT2D eigenvalue weighted by atomic mass is 9.63. The third-order valence-corrected chi connectivity index (χ3v) is 16.7. The fourth-order valence-corrected chi connectivity index (χ4v) is 11.8. The van der Waals surface area contributed by atoms with Gasteiger partial charge in [-0.1, -0.05) is 193 Å². The van der Waals surface area contributed by atoms with E-state index in [1.807, 2.05) is 41.0 Å². The predicted molar refractivity (Wildman–Crippen MR) is 338 cm³/mol. The molecule has 1 aliphatic heterocycles. The summed E-state index contributed by atoms with van der Waals surface area (Å²) in [5, 5.41) is 1.89. The minimum atomic E-state index is -2.67. The lowest BCUT2D eigenvalue weighted by molar-refractivity contribution is 0.332. The quantitative estimate of drug-likeness (QED) is 0.142. The molecule has 0 bridgehead atoms. The van der Waals surface area contributed by atoms with Crippen molar-refractivity contribution in [2.24, 2.45) is 0 Å². The highest BCUT2D eigenvalue weighted by Crippen LogP contribution is 2.49. The highest BCUT2D eigenvalue weighted by Gasteiger charge is 2.40. The number of benzene rings is 8. The smallest absolute Gasteiger partial charge is 0.457 e. The van der Waals surface area contributed by atoms with E-state index in [0.29, 0.717) is 28.4 Å². The Labute approximate surface area is 483 Å². The third-order valence-electron chi connectivity index (χ3n) is 16.7. The minimum absolute atomic E-state index is 0.0366. The van der Waals surface area contributed by atoms with Gasteiger partial charge in [0.2, 0.25) is 11.4 Å². The fourth-order valence-electron chi connectivity index (χ4n) is 11.8. The number of aryl methyl sites for hydroxylation is 1. The van der Waals surface area contributed by atoms with E-state index >= 15 is 0 Å². The number of pyridine rings is 1. The molecule has 400 valence electrons. The van der Waals surface area contributed by atoms with Crippen molar-refractivity contribution >= 4 is 50.6 Å². The molecule has 3 heterocycles. The van der Waals surface area contributed by atoms with Crippen molar-refractivity contribution in [3.05, 3.63) is 215 Å². The Balaban J connectivity index is 1.00. The van der Waals surface area contributed by atoms with Gasteiger partial charge in [-0.25, -0.2) is 4.98 Å². The monoisotopic (exact) mass is 1050 g/mol. The van der Waals surface area contributed by atoms with Crippen molar-refractivity contribution in [1.29, 1.82) is 0 Å². The molecular weight excluding hydrogens is 973 g/mol. The summed E-state index contributed by atoms with van der Waals surface area (Å²) in [6.45, 7) is 25.7. The minimum Gasteiger partial charge on any atom is -0.457 e. The summed E-state index contributed by atoms with van der Waals surface area (Å²) in [5.74, 6) is 1.53. The van der Waals surface area contributed by atoms with Crippen LogP contribution < -0.4 is 13.9 Å². The Kier molecular flexibility index (Phi) is 10.9. The number of hydrogen-bond donors (Lipinski definition) is 0. The molecule has 0 unspecified atom stereocenters. The van der Waals surface area contributed by atoms with E-state index < -0.39 is 17.7 Å². The van der Waals surface area contributed by atoms with Crippen molar-refractivity contribution in [2.75, 3.05) is 0 Å². The molecule has 0 amide bonds. The van der Waals surface area contributed by atoms with Gasteiger partial charge in [0.1, 0.15) is 17.3 Å². The zero-order valence-corrected chi connectivity index (χ0v) is 48.7. The Hall–Kier alpha value is -8.11. The largest absolute Gasteiger partial charge is 0.503 e. The Morgan fingerprint density at radius 3 is 1.74 bits per heavy atom. The molecule has 0 atom stereocenters. The highest BCUT2D eigenvalue weighted by molar-refractivity contribution is 6.10. The second-order valence-corrected chi connectivity index (χ2v) is 26.6. The zero-order valence-electron chi connectivity index (χ0n) is 54.7. The second-order valence-electron chi connectivity index (χ2n) is 26.6. The molecule has 5 heteroatoms. The van der Waals surface area contributed by atoms with Crippen LogP contribution in [0, 0.1) is 6.85 Å². The van der Waals surface area contributed by atoms with Crippen LogP contribution in [0.2, 0.25) is 0 Å². The van der Waals surface area contributed by atoms with Crippen LogP contribution in [0.15, 0.2) is 182 Å². The van der Waals surface area contributed by atoms with Crippen LogP contribution in [0.5, 0.6) is 11.5 Å². The van der Waals surface area contributed by atoms with Crippen LogP contribution in [0.25, 0.3) is 61.0 Å². The maximum absolute atomic E-state index is 9.75. The molecule has 0 spiro atoms. The number of aromatic nitrogens is 2. The molecule has 8 aromatic carbocycles. The SMILES string of the molecule is [2H]c1c([2H])c2c(c([2H])c1-c1cnc(-n3c4cc(Oc5cccc([N+]6=C=[N+](c7c(-c8cccc(C(C)(C)C)c8)cccc7-c7cccc(C(C)(C)C)c7)c7ccccc76)c5)ccc4c4ccc(C(C)(C)C)cc43)cc1C([2H])([2H])[2H])C(C)(C)CCC2(C)C. The second kappa shape index (κ2) is 19.0. The number of ether oxygens (including phenoxy) is 1. The molecule has 0 N–H and O–H groups in total. The molecule has 10 aromatic rings. The summed E-state index contributed by atoms with van der Waals surface area (Å²) in [4.78, 5) is 5.07. The van der Waals surface area contributed by atoms with Crippen molar-refractivity contribution in [2.45, 2.75) is 137 Å². The lowest BCUT2D eigenvalue weighted by Crippen LogP contribution is -2.33. The normalized spacial score (nSPS) is 16.2. The van der Waals surface area contributed by atoms with E-state index in [-0.39, 0.29) is 51.1 Å². The van der Waals surface area contributed by atoms with Crippen molar-refractivity contribution in [1.82, 2.24) is 18.7 Å². The third kappa shape index (κ3) is 9.40. The summed E-state index contributed by atoms with van der Waals surface area (Å²) in [6, 6.07) is 58.8. The summed E-state index contributed by atoms with van der Waals surface area (Å²) in [6.07, 6.45) is 3.11. The van der Waals surface area contributed by atoms with Crippen LogP contribution >= 0.6 is 0 Å². The number of para-hydroxylation sites is 3. The summed E-state index contributed by atoms with van der Waals surface area (Å²) >= 11 is 0. The molecule has 2 aromatic heterocycles. The van der Waals surface area contributed by atoms with E-state index in [0.717, 1.165) is 85.2 Å². The van der Waals surface area contributed by atoms with Gasteiger partial charge in [0.25, 0.3) is 11.4 Å². The van der Waals surface area contributed by atoms with E-state index in [4.69, 9.17) is 13.8 Å². The topological polar surface area (TPSA) is 33.1 Å². The first-order chi connectivity index (χ1) is 40.4. The molecule has 12 rings (SSSR count). The average Bonchev–Trinajstić information content (AvgIpc) is 1.13. The summed E-state index contributed by atoms with van der Waals surface area (Å²) in [7, 11) is 0. The first-order valence-electron chi connectivity index (χ1n) is 31.2. The van der Waals surface area contributed by atoms with Crippen molar-refractivity contribution in [3.8, 4) is 50.7 Å². The van der Waals surface area contributed by atoms with Gasteiger partial charge in [0.15, 0.2) is 0 Å². The fraction of sp³-hybridized carbons (Fsp3) is 0.280. The Morgan fingerprint density at radius 2 is 1.10 bits per heavy atom. The molecule has 80 heavy (non-hydrogen) atoms. The number of rotatable bonds is 8. The van der Waals surface area contributed by atoms with Gasteiger partial charge in [0, 0.05) is 50.9 Å². The average molecular weight is 1060 g/mol. The van der Waals surface area contributed by atoms with Gasteiger partial charge in [-0.3, -0.25) is 4.57 Å². The van der Waals surface area contributed by atoms with E-state index in [1.54, 1.807) is 6.07 Å². The molecule has 0 saturated carbocycles. The van der Waals surface area contributed by atoms with Crippen LogP contribution in [-0.4, -0.2) is 15.6 Å². The Bertz CT molecular complexity index is 4440. The van der Waals surface area contributed by atoms with Gasteiger partial charge in [-0.05, 0) is 148 Å². The number of hydrogen-bond acceptors (Lipinski definition) is 2. The Morgan fingerprint density at radius 1 is 0.537 bits per heavy atom. The maximum atomic E-state index is 9.75. The van der Waals surface area contributed by atoms with Crippen LogP contribution in [-0.2, 0) is 27.1 Å². The molecule has 1 aliphatic carbocycles. The summed E-state index contributed by atoms with van der Waals surface area (Å²) in [5.41, 5.74) is 13.9. The molecule has 0 radical (unpaired) electrons. The first kappa shape index (κ1) is 45.7. The zero-order chi connectivity index (χ0) is 61.4. The first-order valence-corrected chi connectivity index (χ1v) is 28.2. The highest BCUT2D eigenvalue weighted by atomic mass is 16.5. The van der Waals surface area contributed by atoms with Gasteiger partial charge in [0.05, 0.1) is 32.3 Å². The van der Waals surface area contributed by atoms with E-state index in [1.165, 1.54) is 17.3 Å². The molecule has 0 fully saturated rings. The molecule has 5 nitrogen and oxygen atoms in total. The van der Waals surface area contributed by atoms with Gasteiger partial charge < -0.3 is 4.74 Å². The van der Waals surface area contributed by atoms with Crippen molar-refractivity contribution < 1.29 is 13.0 Å². The number of fused-ring (bicyclic) bond motifs is 5. The van der Waals surface area contributed by atoms with Crippen LogP contribution in [0.4, 0.5) is 22.7 Å². The van der Waals surface area contributed by atoms with E-state index in [9.17, 15) is 4.11 Å². The maximum Gasteiger partial charge on any atom is 0.503 e.